The Kier molecular flexibility index (Phi) is 4.65. The van der Waals surface area contributed by atoms with Gasteiger partial charge in [0, 0.05) is 22.9 Å². The quantitative estimate of drug-likeness (QED) is 0.879. The predicted molar refractivity (Wildman–Crippen MR) is 101 cm³/mol. The van der Waals surface area contributed by atoms with E-state index in [1.165, 1.54) is 30.2 Å². The van der Waals surface area contributed by atoms with Gasteiger partial charge in [0.15, 0.2) is 0 Å². The van der Waals surface area contributed by atoms with Gasteiger partial charge in [-0.3, -0.25) is 4.79 Å². The molecule has 2 heterocycles. The summed E-state index contributed by atoms with van der Waals surface area (Å²) in [5.41, 5.74) is 2.91. The smallest absolute Gasteiger partial charge is 0.223 e. The number of methoxy groups -OCH3 is 1. The summed E-state index contributed by atoms with van der Waals surface area (Å²) in [4.78, 5) is 16.1. The lowest BCUT2D eigenvalue weighted by molar-refractivity contribution is -0.128. The summed E-state index contributed by atoms with van der Waals surface area (Å²) >= 11 is 0. The second kappa shape index (κ2) is 6.95. The fraction of sp³-hybridized carbons (Fsp3) is 0.571. The summed E-state index contributed by atoms with van der Waals surface area (Å²) in [5.74, 6) is 1.19. The first kappa shape index (κ1) is 17.4. The number of hydrogen-bond donors (Lipinski definition) is 2. The van der Waals surface area contributed by atoms with Crippen LogP contribution in [0.15, 0.2) is 18.2 Å². The molecule has 1 amide bonds. The average Bonchev–Trinajstić information content (AvgIpc) is 3.06. The van der Waals surface area contributed by atoms with Crippen molar-refractivity contribution in [2.24, 2.45) is 5.92 Å². The number of nitrogens with one attached hydrogen (secondary N) is 2. The largest absolute Gasteiger partial charge is 0.497 e. The second-order valence-corrected chi connectivity index (χ2v) is 7.77. The molecule has 1 atom stereocenters. The molecule has 0 saturated heterocycles. The molecule has 1 fully saturated rings. The van der Waals surface area contributed by atoms with Gasteiger partial charge in [-0.05, 0) is 43.9 Å². The summed E-state index contributed by atoms with van der Waals surface area (Å²) in [6.07, 6.45) is 6.50. The monoisotopic (exact) mass is 356 g/mol. The van der Waals surface area contributed by atoms with Crippen LogP contribution in [0.1, 0.15) is 50.3 Å². The van der Waals surface area contributed by atoms with Crippen LogP contribution in [0.25, 0.3) is 10.9 Å². The van der Waals surface area contributed by atoms with Crippen LogP contribution in [0.3, 0.4) is 0 Å². The maximum Gasteiger partial charge on any atom is 0.223 e. The highest BCUT2D eigenvalue weighted by molar-refractivity contribution is 5.86. The van der Waals surface area contributed by atoms with Crippen LogP contribution in [-0.2, 0) is 21.6 Å². The molecule has 1 saturated carbocycles. The number of hydrogen-bond acceptors (Lipinski definition) is 3. The van der Waals surface area contributed by atoms with Crippen molar-refractivity contribution in [3.63, 3.8) is 0 Å². The number of aromatic amines is 1. The number of rotatable bonds is 4. The van der Waals surface area contributed by atoms with Crippen LogP contribution in [0.5, 0.6) is 5.75 Å². The number of amides is 1. The Morgan fingerprint density at radius 3 is 2.92 bits per heavy atom. The maximum atomic E-state index is 12.6. The molecule has 0 bridgehead atoms. The van der Waals surface area contributed by atoms with E-state index >= 15 is 0 Å². The highest BCUT2D eigenvalue weighted by atomic mass is 16.5. The molecule has 1 unspecified atom stereocenters. The Labute approximate surface area is 154 Å². The molecule has 140 valence electrons. The number of ether oxygens (including phenoxy) is 2. The molecule has 0 radical (unpaired) electrons. The summed E-state index contributed by atoms with van der Waals surface area (Å²) in [6, 6.07) is 6.12. The van der Waals surface area contributed by atoms with Gasteiger partial charge in [0.1, 0.15) is 11.4 Å². The first-order valence-electron chi connectivity index (χ1n) is 9.71. The second-order valence-electron chi connectivity index (χ2n) is 7.77. The van der Waals surface area contributed by atoms with Gasteiger partial charge in [-0.25, -0.2) is 0 Å². The van der Waals surface area contributed by atoms with Gasteiger partial charge in [-0.1, -0.05) is 19.3 Å². The van der Waals surface area contributed by atoms with Gasteiger partial charge in [0.25, 0.3) is 0 Å². The lowest BCUT2D eigenvalue weighted by atomic mass is 9.88. The van der Waals surface area contributed by atoms with Gasteiger partial charge in [0.05, 0.1) is 26.0 Å². The number of fused-ring (bicyclic) bond motifs is 3. The maximum absolute atomic E-state index is 12.6. The fourth-order valence-corrected chi connectivity index (χ4v) is 4.43. The summed E-state index contributed by atoms with van der Waals surface area (Å²) in [5, 5.41) is 4.38. The number of benzene rings is 1. The third-order valence-corrected chi connectivity index (χ3v) is 5.99. The standard InChI is InChI=1S/C21H28N2O3/c1-21(13-22-20(24)14-6-4-3-5-7-14)19-17(10-11-26-21)16-9-8-15(25-2)12-18(16)23-19/h8-9,12,14,23H,3-7,10-11,13H2,1-2H3,(H,22,24). The molecule has 1 aromatic heterocycles. The zero-order chi connectivity index (χ0) is 18.1. The summed E-state index contributed by atoms with van der Waals surface area (Å²) in [7, 11) is 1.68. The van der Waals surface area contributed by atoms with Crippen molar-refractivity contribution in [2.45, 2.75) is 51.0 Å². The molecule has 5 nitrogen and oxygen atoms in total. The zero-order valence-corrected chi connectivity index (χ0v) is 15.7. The van der Waals surface area contributed by atoms with E-state index < -0.39 is 5.60 Å². The summed E-state index contributed by atoms with van der Waals surface area (Å²) < 4.78 is 11.5. The lowest BCUT2D eigenvalue weighted by Gasteiger charge is -2.35. The Bertz CT molecular complexity index is 807. The zero-order valence-electron chi connectivity index (χ0n) is 15.7. The molecule has 2 aromatic rings. The number of carbonyl (C=O) groups is 1. The van der Waals surface area contributed by atoms with Crippen molar-refractivity contribution >= 4 is 16.8 Å². The van der Waals surface area contributed by atoms with Crippen LogP contribution in [-0.4, -0.2) is 31.2 Å². The van der Waals surface area contributed by atoms with Gasteiger partial charge in [-0.15, -0.1) is 0 Å². The lowest BCUT2D eigenvalue weighted by Crippen LogP contribution is -2.45. The van der Waals surface area contributed by atoms with E-state index in [1.807, 2.05) is 12.1 Å². The number of carbonyl (C=O) groups excluding carboxylic acids is 1. The topological polar surface area (TPSA) is 63.3 Å². The SMILES string of the molecule is COc1ccc2c3c([nH]c2c1)C(C)(CNC(=O)C1CCCCC1)OCC3. The van der Waals surface area contributed by atoms with Crippen molar-refractivity contribution in [1.29, 1.82) is 0 Å². The first-order valence-corrected chi connectivity index (χ1v) is 9.71. The molecule has 4 rings (SSSR count). The van der Waals surface area contributed by atoms with Gasteiger partial charge < -0.3 is 19.8 Å². The molecule has 2 N–H and O–H groups in total. The fourth-order valence-electron chi connectivity index (χ4n) is 4.43. The van der Waals surface area contributed by atoms with Crippen molar-refractivity contribution in [3.8, 4) is 5.75 Å². The minimum atomic E-state index is -0.524. The van der Waals surface area contributed by atoms with E-state index in [1.54, 1.807) is 7.11 Å². The Hall–Kier alpha value is -2.01. The number of H-pyrrole nitrogens is 1. The predicted octanol–water partition coefficient (Wildman–Crippen LogP) is 3.66. The van der Waals surface area contributed by atoms with Crippen LogP contribution < -0.4 is 10.1 Å². The number of aromatic nitrogens is 1. The van der Waals surface area contributed by atoms with Gasteiger partial charge in [0.2, 0.25) is 5.91 Å². The van der Waals surface area contributed by atoms with Crippen LogP contribution in [0.4, 0.5) is 0 Å². The van der Waals surface area contributed by atoms with Crippen molar-refractivity contribution < 1.29 is 14.3 Å². The van der Waals surface area contributed by atoms with Gasteiger partial charge in [-0.2, -0.15) is 0 Å². The van der Waals surface area contributed by atoms with Crippen LogP contribution in [0, 0.1) is 5.92 Å². The van der Waals surface area contributed by atoms with E-state index in [2.05, 4.69) is 23.3 Å². The van der Waals surface area contributed by atoms with E-state index in [0.29, 0.717) is 13.2 Å². The Morgan fingerprint density at radius 1 is 1.35 bits per heavy atom. The molecular weight excluding hydrogens is 328 g/mol. The first-order chi connectivity index (χ1) is 12.6. The third-order valence-electron chi connectivity index (χ3n) is 5.99. The normalized spacial score (nSPS) is 23.6. The molecular formula is C21H28N2O3. The van der Waals surface area contributed by atoms with Crippen molar-refractivity contribution in [1.82, 2.24) is 10.3 Å². The Morgan fingerprint density at radius 2 is 2.15 bits per heavy atom. The van der Waals surface area contributed by atoms with Crippen molar-refractivity contribution in [3.05, 3.63) is 29.5 Å². The molecule has 1 aromatic carbocycles. The van der Waals surface area contributed by atoms with Crippen LogP contribution >= 0.6 is 0 Å². The third kappa shape index (κ3) is 3.09. The Balaban J connectivity index is 1.56. The highest BCUT2D eigenvalue weighted by Crippen LogP contribution is 2.37. The van der Waals surface area contributed by atoms with E-state index in [0.717, 1.165) is 36.2 Å². The minimum Gasteiger partial charge on any atom is -0.497 e. The molecule has 2 aliphatic rings. The van der Waals surface area contributed by atoms with Crippen LogP contribution in [0.2, 0.25) is 0 Å². The summed E-state index contributed by atoms with van der Waals surface area (Å²) in [6.45, 7) is 3.24. The molecule has 5 heteroatoms. The van der Waals surface area contributed by atoms with E-state index in [9.17, 15) is 4.79 Å². The molecule has 1 aliphatic carbocycles. The molecule has 26 heavy (non-hydrogen) atoms. The highest BCUT2D eigenvalue weighted by Gasteiger charge is 2.37. The van der Waals surface area contributed by atoms with E-state index in [4.69, 9.17) is 9.47 Å². The molecule has 0 spiro atoms. The average molecular weight is 356 g/mol. The molecule has 1 aliphatic heterocycles. The van der Waals surface area contributed by atoms with Crippen molar-refractivity contribution in [2.75, 3.05) is 20.3 Å². The van der Waals surface area contributed by atoms with Gasteiger partial charge >= 0.3 is 0 Å². The minimum absolute atomic E-state index is 0.169. The van der Waals surface area contributed by atoms with E-state index in [-0.39, 0.29) is 11.8 Å².